The van der Waals surface area contributed by atoms with Crippen molar-refractivity contribution in [2.24, 2.45) is 10.2 Å². The van der Waals surface area contributed by atoms with Gasteiger partial charge in [0.05, 0.1) is 11.3 Å². The number of aromatic amines is 1. The van der Waals surface area contributed by atoms with Gasteiger partial charge >= 0.3 is 0 Å². The fourth-order valence-corrected chi connectivity index (χ4v) is 4.46. The number of aromatic nitrogens is 3. The van der Waals surface area contributed by atoms with Crippen LogP contribution in [0.5, 0.6) is 5.88 Å². The zero-order valence-electron chi connectivity index (χ0n) is 14.2. The monoisotopic (exact) mass is 473 g/mol. The zero-order valence-corrected chi connectivity index (χ0v) is 17.4. The van der Waals surface area contributed by atoms with E-state index in [4.69, 9.17) is 0 Å². The van der Waals surface area contributed by atoms with Gasteiger partial charge in [-0.1, -0.05) is 69.4 Å². The molecule has 1 amide bonds. The molecule has 0 fully saturated rings. The molecule has 28 heavy (non-hydrogen) atoms. The molecule has 0 aliphatic heterocycles. The Bertz CT molecular complexity index is 1170. The van der Waals surface area contributed by atoms with Crippen LogP contribution >= 0.6 is 39.0 Å². The summed E-state index contributed by atoms with van der Waals surface area (Å²) in [6, 6.07) is 15.2. The van der Waals surface area contributed by atoms with Crippen molar-refractivity contribution < 1.29 is 9.90 Å². The quantitative estimate of drug-likeness (QED) is 0.291. The maximum absolute atomic E-state index is 12.1. The highest BCUT2D eigenvalue weighted by molar-refractivity contribution is 9.10. The molecule has 2 aromatic carbocycles. The molecular weight excluding hydrogens is 462 g/mol. The highest BCUT2D eigenvalue weighted by atomic mass is 79.9. The molecular formula is C18H12BrN5O2S2. The van der Waals surface area contributed by atoms with E-state index in [0.717, 1.165) is 15.0 Å². The van der Waals surface area contributed by atoms with Crippen LogP contribution in [-0.2, 0) is 4.79 Å². The number of hydrogen-bond acceptors (Lipinski definition) is 7. The average molecular weight is 474 g/mol. The van der Waals surface area contributed by atoms with Gasteiger partial charge in [-0.15, -0.1) is 20.4 Å². The largest absolute Gasteiger partial charge is 0.493 e. The molecule has 140 valence electrons. The van der Waals surface area contributed by atoms with Gasteiger partial charge in [0, 0.05) is 15.4 Å². The van der Waals surface area contributed by atoms with Gasteiger partial charge in [0.1, 0.15) is 5.01 Å². The van der Waals surface area contributed by atoms with Gasteiger partial charge in [0.2, 0.25) is 5.88 Å². The summed E-state index contributed by atoms with van der Waals surface area (Å²) in [5, 5.41) is 27.4. The highest BCUT2D eigenvalue weighted by Crippen LogP contribution is 2.37. The molecule has 4 aromatic rings. The van der Waals surface area contributed by atoms with Crippen LogP contribution < -0.4 is 0 Å². The number of nitrogens with one attached hydrogen (secondary N) is 1. The van der Waals surface area contributed by atoms with Crippen molar-refractivity contribution in [3.05, 3.63) is 53.0 Å². The second-order valence-electron chi connectivity index (χ2n) is 5.63. The standard InChI is InChI=1S/C18H12BrN5O2S2/c19-11-6-7-13-12(8-11)15(16(26)20-13)22-21-14(25)9-27-18-24-23-17(28-18)10-4-2-1-3-5-10/h1-8,20,26H,9H2. The topological polar surface area (TPSA) is 104 Å². The molecule has 0 aliphatic carbocycles. The maximum atomic E-state index is 12.1. The molecule has 2 N–H and O–H groups in total. The van der Waals surface area contributed by atoms with E-state index >= 15 is 0 Å². The number of hydrogen-bond donors (Lipinski definition) is 2. The zero-order chi connectivity index (χ0) is 19.5. The first-order valence-corrected chi connectivity index (χ1v) is 10.7. The molecule has 0 atom stereocenters. The third kappa shape index (κ3) is 4.13. The van der Waals surface area contributed by atoms with Crippen molar-refractivity contribution in [1.82, 2.24) is 15.2 Å². The van der Waals surface area contributed by atoms with E-state index in [2.05, 4.69) is 41.3 Å². The minimum atomic E-state index is -0.426. The summed E-state index contributed by atoms with van der Waals surface area (Å²) in [5.74, 6) is -0.473. The van der Waals surface area contributed by atoms with Crippen molar-refractivity contribution >= 4 is 61.5 Å². The van der Waals surface area contributed by atoms with Crippen LogP contribution in [-0.4, -0.2) is 31.9 Å². The summed E-state index contributed by atoms with van der Waals surface area (Å²) in [6.07, 6.45) is 0. The first-order chi connectivity index (χ1) is 13.6. The Morgan fingerprint density at radius 2 is 2.04 bits per heavy atom. The molecule has 4 rings (SSSR count). The Morgan fingerprint density at radius 3 is 2.86 bits per heavy atom. The summed E-state index contributed by atoms with van der Waals surface area (Å²) >= 11 is 6.05. The van der Waals surface area contributed by atoms with Crippen LogP contribution in [0.3, 0.4) is 0 Å². The number of H-pyrrole nitrogens is 1. The number of benzene rings is 2. The predicted octanol–water partition coefficient (Wildman–Crippen LogP) is 5.56. The van der Waals surface area contributed by atoms with Gasteiger partial charge in [-0.25, -0.2) is 0 Å². The van der Waals surface area contributed by atoms with E-state index in [9.17, 15) is 9.90 Å². The first-order valence-electron chi connectivity index (χ1n) is 8.06. The molecule has 0 saturated carbocycles. The molecule has 10 heteroatoms. The van der Waals surface area contributed by atoms with Crippen molar-refractivity contribution in [2.75, 3.05) is 5.75 Å². The summed E-state index contributed by atoms with van der Waals surface area (Å²) in [7, 11) is 0. The molecule has 7 nitrogen and oxygen atoms in total. The Kier molecular flexibility index (Phi) is 5.51. The fraction of sp³-hybridized carbons (Fsp3) is 0.0556. The van der Waals surface area contributed by atoms with Gasteiger partial charge in [-0.2, -0.15) is 0 Å². The average Bonchev–Trinajstić information content (AvgIpc) is 3.29. The van der Waals surface area contributed by atoms with Crippen LogP contribution in [0.2, 0.25) is 0 Å². The molecule has 0 bridgehead atoms. The van der Waals surface area contributed by atoms with Crippen LogP contribution in [0.4, 0.5) is 5.69 Å². The van der Waals surface area contributed by atoms with Gasteiger partial charge in [0.25, 0.3) is 5.91 Å². The van der Waals surface area contributed by atoms with E-state index in [-0.39, 0.29) is 17.3 Å². The van der Waals surface area contributed by atoms with Crippen molar-refractivity contribution in [3.63, 3.8) is 0 Å². The van der Waals surface area contributed by atoms with Gasteiger partial charge in [-0.3, -0.25) is 4.79 Å². The number of aromatic hydroxyl groups is 1. The number of azo groups is 1. The maximum Gasteiger partial charge on any atom is 0.275 e. The molecule has 0 unspecified atom stereocenters. The van der Waals surface area contributed by atoms with Crippen molar-refractivity contribution in [3.8, 4) is 16.5 Å². The number of nitrogens with zero attached hydrogens (tertiary/aromatic N) is 4. The molecule has 0 radical (unpaired) electrons. The van der Waals surface area contributed by atoms with E-state index in [1.807, 2.05) is 36.4 Å². The summed E-state index contributed by atoms with van der Waals surface area (Å²) in [6.45, 7) is 0. The normalized spacial score (nSPS) is 11.5. The minimum absolute atomic E-state index is 0.0831. The fourth-order valence-electron chi connectivity index (χ4n) is 2.46. The SMILES string of the molecule is O=C(CSc1nnc(-c2ccccc2)s1)N=Nc1c(O)[nH]c2ccc(Br)cc12. The lowest BCUT2D eigenvalue weighted by Crippen LogP contribution is -1.95. The van der Waals surface area contributed by atoms with Crippen LogP contribution in [0.15, 0.2) is 67.6 Å². The van der Waals surface area contributed by atoms with E-state index in [1.165, 1.54) is 23.1 Å². The van der Waals surface area contributed by atoms with E-state index in [1.54, 1.807) is 12.1 Å². The second kappa shape index (κ2) is 8.21. The van der Waals surface area contributed by atoms with E-state index in [0.29, 0.717) is 15.2 Å². The van der Waals surface area contributed by atoms with Crippen molar-refractivity contribution in [2.45, 2.75) is 4.34 Å². The Hall–Kier alpha value is -2.56. The lowest BCUT2D eigenvalue weighted by molar-refractivity contribution is -0.115. The highest BCUT2D eigenvalue weighted by Gasteiger charge is 2.12. The Morgan fingerprint density at radius 1 is 1.21 bits per heavy atom. The molecule has 0 aliphatic rings. The summed E-state index contributed by atoms with van der Waals surface area (Å²) in [5.41, 5.74) is 1.93. The van der Waals surface area contributed by atoms with Gasteiger partial charge < -0.3 is 10.1 Å². The summed E-state index contributed by atoms with van der Waals surface area (Å²) in [4.78, 5) is 14.9. The molecule has 0 spiro atoms. The third-order valence-corrected chi connectivity index (χ3v) is 6.31. The van der Waals surface area contributed by atoms with E-state index < -0.39 is 5.91 Å². The van der Waals surface area contributed by atoms with Crippen LogP contribution in [0, 0.1) is 0 Å². The smallest absolute Gasteiger partial charge is 0.275 e. The lowest BCUT2D eigenvalue weighted by atomic mass is 10.2. The lowest BCUT2D eigenvalue weighted by Gasteiger charge is -1.94. The number of carbonyl (C=O) groups excluding carboxylic acids is 1. The molecule has 2 heterocycles. The Labute approximate surface area is 176 Å². The van der Waals surface area contributed by atoms with Gasteiger partial charge in [-0.05, 0) is 18.2 Å². The number of carbonyl (C=O) groups is 1. The van der Waals surface area contributed by atoms with Crippen molar-refractivity contribution in [1.29, 1.82) is 0 Å². The molecule has 2 aromatic heterocycles. The number of halogens is 1. The van der Waals surface area contributed by atoms with Crippen LogP contribution in [0.1, 0.15) is 0 Å². The number of fused-ring (bicyclic) bond motifs is 1. The number of amides is 1. The van der Waals surface area contributed by atoms with Crippen LogP contribution in [0.25, 0.3) is 21.5 Å². The minimum Gasteiger partial charge on any atom is -0.493 e. The first kappa shape index (κ1) is 18.8. The summed E-state index contributed by atoms with van der Waals surface area (Å²) < 4.78 is 1.52. The number of rotatable bonds is 5. The number of thioether (sulfide) groups is 1. The molecule has 0 saturated heterocycles. The van der Waals surface area contributed by atoms with Gasteiger partial charge in [0.15, 0.2) is 10.0 Å². The Balaban J connectivity index is 1.42. The third-order valence-electron chi connectivity index (χ3n) is 3.72. The second-order valence-corrected chi connectivity index (χ2v) is 8.75. The predicted molar refractivity (Wildman–Crippen MR) is 113 cm³/mol.